The molecule has 0 aromatic heterocycles. The van der Waals surface area contributed by atoms with Crippen molar-refractivity contribution in [2.45, 2.75) is 125 Å². The maximum Gasteiger partial charge on any atom is 0.586 e. The number of ketones is 1. The molecule has 109 heavy (non-hydrogen) atoms. The number of fused-ring (bicyclic) bond motifs is 6. The average Bonchev–Trinajstić information content (AvgIpc) is 1.60. The molecule has 0 saturated heterocycles. The third-order valence-corrected chi connectivity index (χ3v) is 16.9. The number of ether oxygens (including phenoxy) is 13. The zero-order valence-electron chi connectivity index (χ0n) is 55.0. The van der Waals surface area contributed by atoms with Crippen molar-refractivity contribution in [3.8, 4) is 93.3 Å². The summed E-state index contributed by atoms with van der Waals surface area (Å²) >= 11 is 16.9. The molecule has 6 heterocycles. The van der Waals surface area contributed by atoms with E-state index in [0.29, 0.717) is 52.7 Å². The predicted molar refractivity (Wildman–Crippen MR) is 360 cm³/mol. The number of aliphatic carboxylic acids is 1. The fraction of sp³-hybridized carbons (Fsp3) is 0.343. The summed E-state index contributed by atoms with van der Waals surface area (Å²) in [5, 5.41) is 43.6. The number of nitrogens with zero attached hydrogens (tertiary/aromatic N) is 4. The Morgan fingerprint density at radius 1 is 0.523 bits per heavy atom. The third-order valence-electron chi connectivity index (χ3n) is 15.0. The molecule has 42 heteroatoms. The van der Waals surface area contributed by atoms with Crippen molar-refractivity contribution >= 4 is 109 Å². The molecule has 1 atom stereocenters. The second-order valence-electron chi connectivity index (χ2n) is 22.8. The summed E-state index contributed by atoms with van der Waals surface area (Å²) in [4.78, 5) is 43.8. The summed E-state index contributed by atoms with van der Waals surface area (Å²) < 4.78 is 218. The Morgan fingerprint density at radius 2 is 0.862 bits per heavy atom. The topological polar surface area (TPSA) is 321 Å². The average molecular weight is 1770 g/mol. The second-order valence-corrected chi connectivity index (χ2v) is 27.7. The van der Waals surface area contributed by atoms with Crippen molar-refractivity contribution in [2.75, 3.05) is 17.8 Å². The number of esters is 1. The van der Waals surface area contributed by atoms with Crippen LogP contribution in [0.2, 0.25) is 0 Å². The van der Waals surface area contributed by atoms with Gasteiger partial charge < -0.3 is 66.7 Å². The molecule has 6 aliphatic heterocycles. The van der Waals surface area contributed by atoms with Crippen LogP contribution in [-0.2, 0) is 55.8 Å². The van der Waals surface area contributed by atoms with Crippen LogP contribution >= 0.6 is 76.4 Å². The quantitative estimate of drug-likeness (QED) is 0.0545. The fourth-order valence-electron chi connectivity index (χ4n) is 9.67. The molecule has 9 aliphatic rings. The van der Waals surface area contributed by atoms with Crippen molar-refractivity contribution in [1.29, 1.82) is 21.0 Å². The number of benzene rings is 6. The van der Waals surface area contributed by atoms with E-state index < -0.39 is 86.3 Å². The number of Topliss-reactive ketones (excluding diaryl/α,β-unsaturated/α-hetero) is 1. The lowest BCUT2D eigenvalue weighted by Gasteiger charge is -2.10. The number of rotatable bonds is 11. The van der Waals surface area contributed by atoms with Crippen LogP contribution in [0.4, 0.5) is 52.7 Å². The number of carboxylic acid groups (broad SMARTS) is 1. The lowest BCUT2D eigenvalue weighted by molar-refractivity contribution is -0.287. The maximum atomic E-state index is 12.8. The van der Waals surface area contributed by atoms with Crippen LogP contribution in [0.15, 0.2) is 114 Å². The van der Waals surface area contributed by atoms with Crippen LogP contribution < -0.4 is 56.8 Å². The lowest BCUT2D eigenvalue weighted by atomic mass is 9.96. The molecule has 0 spiro atoms. The van der Waals surface area contributed by atoms with Gasteiger partial charge in [-0.15, -0.1) is 64.3 Å². The van der Waals surface area contributed by atoms with E-state index in [9.17, 15) is 71.9 Å². The molecule has 0 amide bonds. The summed E-state index contributed by atoms with van der Waals surface area (Å²) in [5.74, 6) is -2.77. The number of carboxylic acids is 1. The monoisotopic (exact) mass is 1770 g/mol. The molecule has 582 valence electrons. The third kappa shape index (κ3) is 23.8. The van der Waals surface area contributed by atoms with Crippen LogP contribution in [0.3, 0.4) is 0 Å². The molecule has 3 fully saturated rings. The first-order valence-electron chi connectivity index (χ1n) is 30.5. The number of halogens is 18. The summed E-state index contributed by atoms with van der Waals surface area (Å²) in [5.41, 5.74) is 0.455. The summed E-state index contributed by atoms with van der Waals surface area (Å²) in [6.07, 6.45) is -17.7. The summed E-state index contributed by atoms with van der Waals surface area (Å²) in [7, 11) is 7.36. The van der Waals surface area contributed by atoms with Gasteiger partial charge in [-0.2, -0.15) is 21.0 Å². The zero-order valence-corrected chi connectivity index (χ0v) is 62.1. The second kappa shape index (κ2) is 35.5. The van der Waals surface area contributed by atoms with Crippen molar-refractivity contribution in [3.63, 3.8) is 0 Å². The van der Waals surface area contributed by atoms with E-state index in [2.05, 4.69) is 116 Å². The van der Waals surface area contributed by atoms with Crippen molar-refractivity contribution in [3.05, 3.63) is 141 Å². The number of nitriles is 4. The molecular formula is C67H48Br2Cl4F12N4O19S. The van der Waals surface area contributed by atoms with Gasteiger partial charge in [-0.3, -0.25) is 19.2 Å². The van der Waals surface area contributed by atoms with Crippen molar-refractivity contribution < 1.29 is 143 Å². The normalized spacial score (nSPS) is 18.2. The standard InChI is InChI=1S/C12H9F2NO4.C11H7ClF2O3.C11H7F2NO2.C11H8F2O4.C9H5F2NO2.C7H3BrF2O2.C4H5NO.C2H4BrCl.Cl2OS/c1-2-17-11(16)8(6-15)7-3-4-9-10(5-7)19-12(13,14)18-9;12-9(15)10(3-4-10)6-1-2-7-8(5-6)17-11(13,14)16-7;12-11(13)15-8-2-1-7(5-9(8)16-11)10(6-14)3-4-10;12-11(13)16-7-2-1-6(5-8(7)17-11)10(3-4-10)9(14)15;10-9(11)13-7-2-1-6(3-4-12)5-8(7)14-9;8-4-1-2-5-6(3-4)12-7(9,10)11-5;1-4(6)2-3-5;3-1-2-4;1-4(2)3/h3-5,8H,2H2,1H3;1-2,5H,3-4H2;1-2,5H,3-4H2;1-2,5H,3-4H2,(H,14,15);1-2,5H,3H2;1-3H;2H2,1H3;1-2H2;. The van der Waals surface area contributed by atoms with Gasteiger partial charge in [0.1, 0.15) is 5.78 Å². The first kappa shape index (κ1) is 86.8. The van der Waals surface area contributed by atoms with E-state index in [0.717, 1.165) is 23.7 Å². The van der Waals surface area contributed by atoms with E-state index in [1.807, 2.05) is 6.07 Å². The van der Waals surface area contributed by atoms with Gasteiger partial charge in [-0.1, -0.05) is 62.2 Å². The highest BCUT2D eigenvalue weighted by molar-refractivity contribution is 9.10. The highest BCUT2D eigenvalue weighted by Crippen LogP contribution is 2.55. The van der Waals surface area contributed by atoms with Crippen molar-refractivity contribution in [1.82, 2.24) is 0 Å². The first-order valence-corrected chi connectivity index (χ1v) is 36.1. The van der Waals surface area contributed by atoms with Gasteiger partial charge in [0.25, 0.3) is 0 Å². The van der Waals surface area contributed by atoms with Crippen molar-refractivity contribution in [2.24, 2.45) is 0 Å². The first-order chi connectivity index (χ1) is 51.0. The Balaban J connectivity index is 0.000000176. The van der Waals surface area contributed by atoms with Gasteiger partial charge in [-0.25, -0.2) is 4.21 Å². The van der Waals surface area contributed by atoms with Crippen LogP contribution in [0, 0.1) is 45.3 Å². The SMILES string of the molecule is CC(=O)CC#N.CCOC(=O)C(C#N)c1ccc2c(c1)OC(F)(F)O2.ClCCBr.FC1(F)Oc2ccc(Br)cc2O1.N#CC1(c2ccc3c(c2)OC(F)(F)O3)CC1.N#CCc1ccc2c(c1)OC(F)(F)O2.O=C(Cl)C1(c2ccc3c(c2)OC(F)(F)O3)CC1.O=C(O)C1(c2ccc3c(c2)OC(F)(F)O3)CC1.O=S(Cl)Cl. The van der Waals surface area contributed by atoms with E-state index >= 15 is 0 Å². The number of hydrogen-bond donors (Lipinski definition) is 1. The number of hydrogen-bond acceptors (Lipinski definition) is 22. The smallest absolute Gasteiger partial charge is 0.481 e. The molecule has 0 bridgehead atoms. The molecule has 3 aliphatic carbocycles. The van der Waals surface area contributed by atoms with E-state index in [1.54, 1.807) is 43.3 Å². The van der Waals surface area contributed by atoms with Gasteiger partial charge in [0, 0.05) is 37.0 Å². The lowest BCUT2D eigenvalue weighted by Crippen LogP contribution is -2.26. The molecule has 15 rings (SSSR count). The largest absolute Gasteiger partial charge is 0.586 e. The minimum Gasteiger partial charge on any atom is -0.481 e. The Kier molecular flexibility index (Phi) is 28.3. The Morgan fingerprint density at radius 3 is 1.18 bits per heavy atom. The highest BCUT2D eigenvalue weighted by atomic mass is 79.9. The van der Waals surface area contributed by atoms with E-state index in [1.165, 1.54) is 91.9 Å². The number of carbonyl (C=O) groups excluding carboxylic acids is 3. The van der Waals surface area contributed by atoms with Gasteiger partial charge in [0.2, 0.25) is 14.5 Å². The Bertz CT molecular complexity index is 4500. The summed E-state index contributed by atoms with van der Waals surface area (Å²) in [6, 6.07) is 33.0. The minimum atomic E-state index is -3.73. The van der Waals surface area contributed by atoms with Gasteiger partial charge in [-0.05, 0) is 171 Å². The molecule has 0 radical (unpaired) electrons. The fourth-order valence-corrected chi connectivity index (χ4v) is 10.3. The van der Waals surface area contributed by atoms with E-state index in [4.69, 9.17) is 58.3 Å². The summed E-state index contributed by atoms with van der Waals surface area (Å²) in [6.45, 7) is 3.12. The molecule has 6 aromatic carbocycles. The van der Waals surface area contributed by atoms with Crippen LogP contribution in [0.25, 0.3) is 0 Å². The van der Waals surface area contributed by atoms with Crippen LogP contribution in [0.5, 0.6) is 69.0 Å². The van der Waals surface area contributed by atoms with Gasteiger partial charge in [0.15, 0.2) is 74.9 Å². The Labute approximate surface area is 646 Å². The minimum absolute atomic E-state index is 0.00307. The Hall–Kier alpha value is -9.41. The number of alkyl halides is 14. The molecule has 1 unspecified atom stereocenters. The molecular weight excluding hydrogens is 1730 g/mol. The maximum absolute atomic E-state index is 12.8. The van der Waals surface area contributed by atoms with E-state index in [-0.39, 0.29) is 99.8 Å². The highest BCUT2D eigenvalue weighted by Gasteiger charge is 2.55. The van der Waals surface area contributed by atoms with Gasteiger partial charge in [0.05, 0.1) is 60.0 Å². The molecule has 6 aromatic rings. The van der Waals surface area contributed by atoms with Crippen LogP contribution in [0.1, 0.15) is 92.5 Å². The molecule has 1 N–H and O–H groups in total. The van der Waals surface area contributed by atoms with Gasteiger partial charge >= 0.3 is 49.7 Å². The zero-order chi connectivity index (χ0) is 80.9. The molecule has 3 saturated carbocycles. The number of carbonyl (C=O) groups is 4. The predicted octanol–water partition coefficient (Wildman–Crippen LogP) is 17.7. The molecule has 23 nitrogen and oxygen atoms in total. The van der Waals surface area contributed by atoms with Crippen LogP contribution in [-0.4, -0.2) is 87.9 Å².